The van der Waals surface area contributed by atoms with E-state index >= 15 is 0 Å². The normalized spacial score (nSPS) is 17.7. The second-order valence-corrected chi connectivity index (χ2v) is 9.49. The van der Waals surface area contributed by atoms with Crippen molar-refractivity contribution in [1.82, 2.24) is 14.7 Å². The number of carbonyl (C=O) groups is 1. The minimum absolute atomic E-state index is 0.00202. The molecule has 2 aliphatic rings. The van der Waals surface area contributed by atoms with E-state index in [0.29, 0.717) is 25.5 Å². The molecule has 0 unspecified atom stereocenters. The Morgan fingerprint density at radius 1 is 1.14 bits per heavy atom. The lowest BCUT2D eigenvalue weighted by Gasteiger charge is -2.33. The van der Waals surface area contributed by atoms with Gasteiger partial charge in [0.05, 0.1) is 29.6 Å². The molecule has 2 fully saturated rings. The van der Waals surface area contributed by atoms with E-state index in [1.165, 1.54) is 6.07 Å². The van der Waals surface area contributed by atoms with Crippen LogP contribution < -0.4 is 4.74 Å². The van der Waals surface area contributed by atoms with Crippen molar-refractivity contribution in [1.29, 1.82) is 0 Å². The average molecular weight is 496 g/mol. The fourth-order valence-corrected chi connectivity index (χ4v) is 4.80. The lowest BCUT2D eigenvalue weighted by atomic mass is 9.84. The fourth-order valence-electron chi connectivity index (χ4n) is 4.80. The van der Waals surface area contributed by atoms with Crippen molar-refractivity contribution in [3.05, 3.63) is 71.4 Å². The molecule has 36 heavy (non-hydrogen) atoms. The molecule has 1 aliphatic carbocycles. The second kappa shape index (κ2) is 10.8. The molecule has 0 radical (unpaired) electrons. The summed E-state index contributed by atoms with van der Waals surface area (Å²) in [7, 11) is 0. The number of ether oxygens (including phenoxy) is 2. The first-order valence-electron chi connectivity index (χ1n) is 12.7. The predicted molar refractivity (Wildman–Crippen MR) is 131 cm³/mol. The molecule has 1 saturated carbocycles. The van der Waals surface area contributed by atoms with Crippen molar-refractivity contribution in [2.75, 3.05) is 13.2 Å². The third-order valence-corrected chi connectivity index (χ3v) is 7.02. The zero-order valence-corrected chi connectivity index (χ0v) is 20.5. The first-order valence-corrected chi connectivity index (χ1v) is 12.7. The maximum Gasteiger partial charge on any atom is 0.228 e. The number of benzene rings is 2. The molecule has 2 heterocycles. The summed E-state index contributed by atoms with van der Waals surface area (Å²) in [5.41, 5.74) is 2.22. The lowest BCUT2D eigenvalue weighted by Crippen LogP contribution is -2.42. The van der Waals surface area contributed by atoms with E-state index in [2.05, 4.69) is 0 Å². The van der Waals surface area contributed by atoms with Gasteiger partial charge in [0, 0.05) is 25.1 Å². The van der Waals surface area contributed by atoms with Gasteiger partial charge in [-0.05, 0) is 56.4 Å². The van der Waals surface area contributed by atoms with Crippen LogP contribution in [0.1, 0.15) is 50.3 Å². The lowest BCUT2D eigenvalue weighted by molar-refractivity contribution is -0.140. The molecular weight excluding hydrogens is 464 g/mol. The quantitative estimate of drug-likeness (QED) is 0.376. The molecular formula is C28H31F2N3O3. The van der Waals surface area contributed by atoms with Crippen LogP contribution in [0.4, 0.5) is 8.78 Å². The number of rotatable bonds is 9. The highest BCUT2D eigenvalue weighted by atomic mass is 19.1. The molecule has 2 aromatic carbocycles. The number of para-hydroxylation sites is 1. The summed E-state index contributed by atoms with van der Waals surface area (Å²) in [6, 6.07) is 12.7. The van der Waals surface area contributed by atoms with Crippen LogP contribution in [0.2, 0.25) is 0 Å². The highest BCUT2D eigenvalue weighted by molar-refractivity contribution is 5.79. The van der Waals surface area contributed by atoms with E-state index in [-0.39, 0.29) is 30.2 Å². The summed E-state index contributed by atoms with van der Waals surface area (Å²) in [4.78, 5) is 15.3. The maximum absolute atomic E-state index is 14.6. The summed E-state index contributed by atoms with van der Waals surface area (Å²) in [6.07, 6.45) is 5.37. The van der Waals surface area contributed by atoms with Gasteiger partial charge in [-0.3, -0.25) is 4.79 Å². The molecule has 190 valence electrons. The number of amides is 1. The monoisotopic (exact) mass is 495 g/mol. The van der Waals surface area contributed by atoms with Crippen LogP contribution in [0, 0.1) is 17.6 Å². The van der Waals surface area contributed by atoms with Crippen molar-refractivity contribution in [2.24, 2.45) is 5.92 Å². The van der Waals surface area contributed by atoms with Crippen molar-refractivity contribution in [3.8, 4) is 17.3 Å². The van der Waals surface area contributed by atoms with Crippen molar-refractivity contribution in [2.45, 2.75) is 58.1 Å². The number of nitrogens with zero attached hydrogens (tertiary/aromatic N) is 3. The second-order valence-electron chi connectivity index (χ2n) is 9.49. The van der Waals surface area contributed by atoms with Gasteiger partial charge in [0.15, 0.2) is 11.6 Å². The number of hydrogen-bond donors (Lipinski definition) is 0. The highest BCUT2D eigenvalue weighted by Gasteiger charge is 2.33. The molecule has 1 aromatic heterocycles. The SMILES string of the molecule is CCc1nn(-c2ccccc2)c(Oc2ccc(F)cc2F)c1CN(C[C@@H]1CCCO1)C(=O)C1CCC1. The predicted octanol–water partition coefficient (Wildman–Crippen LogP) is 5.81. The Balaban J connectivity index is 1.55. The van der Waals surface area contributed by atoms with Gasteiger partial charge >= 0.3 is 0 Å². The number of aryl methyl sites for hydroxylation is 1. The van der Waals surface area contributed by atoms with Crippen molar-refractivity contribution >= 4 is 5.91 Å². The zero-order chi connectivity index (χ0) is 25.1. The summed E-state index contributed by atoms with van der Waals surface area (Å²) < 4.78 is 41.8. The molecule has 0 spiro atoms. The van der Waals surface area contributed by atoms with Crippen molar-refractivity contribution in [3.63, 3.8) is 0 Å². The summed E-state index contributed by atoms with van der Waals surface area (Å²) in [5, 5.41) is 4.79. The molecule has 0 bridgehead atoms. The Morgan fingerprint density at radius 2 is 1.94 bits per heavy atom. The number of carbonyl (C=O) groups excluding carboxylic acids is 1. The van der Waals surface area contributed by atoms with E-state index in [0.717, 1.165) is 61.2 Å². The third-order valence-electron chi connectivity index (χ3n) is 7.02. The van der Waals surface area contributed by atoms with E-state index < -0.39 is 11.6 Å². The fraction of sp³-hybridized carbons (Fsp3) is 0.429. The number of hydrogen-bond acceptors (Lipinski definition) is 4. The first kappa shape index (κ1) is 24.4. The largest absolute Gasteiger partial charge is 0.435 e. The molecule has 8 heteroatoms. The van der Waals surface area contributed by atoms with Crippen LogP contribution in [-0.2, 0) is 22.5 Å². The molecule has 1 aliphatic heterocycles. The molecule has 5 rings (SSSR count). The maximum atomic E-state index is 14.6. The molecule has 3 aromatic rings. The summed E-state index contributed by atoms with van der Waals surface area (Å²) in [6.45, 7) is 3.48. The van der Waals surface area contributed by atoms with Crippen LogP contribution in [0.15, 0.2) is 48.5 Å². The van der Waals surface area contributed by atoms with Crippen LogP contribution >= 0.6 is 0 Å². The van der Waals surface area contributed by atoms with E-state index in [4.69, 9.17) is 14.6 Å². The molecule has 1 amide bonds. The molecule has 6 nitrogen and oxygen atoms in total. The number of aromatic nitrogens is 2. The summed E-state index contributed by atoms with van der Waals surface area (Å²) in [5.74, 6) is -1.12. The van der Waals surface area contributed by atoms with E-state index in [1.807, 2.05) is 42.2 Å². The van der Waals surface area contributed by atoms with E-state index in [1.54, 1.807) is 4.68 Å². The van der Waals surface area contributed by atoms with Gasteiger partial charge in [0.2, 0.25) is 11.8 Å². The van der Waals surface area contributed by atoms with Gasteiger partial charge in [0.1, 0.15) is 5.82 Å². The van der Waals surface area contributed by atoms with Gasteiger partial charge in [-0.1, -0.05) is 31.5 Å². The standard InChI is InChI=1S/C28H31F2N3O3/c1-2-25-23(18-32(17-22-12-7-15-35-22)27(34)19-8-6-9-19)28(33(31-25)21-10-4-3-5-11-21)36-26-14-13-20(29)16-24(26)30/h3-5,10-11,13-14,16,19,22H,2,6-9,12,15,17-18H2,1H3/t22-/m0/s1. The van der Waals surface area contributed by atoms with Crippen molar-refractivity contribution < 1.29 is 23.0 Å². The van der Waals surface area contributed by atoms with E-state index in [9.17, 15) is 13.6 Å². The molecule has 1 atom stereocenters. The minimum atomic E-state index is -0.804. The zero-order valence-electron chi connectivity index (χ0n) is 20.5. The van der Waals surface area contributed by atoms with Crippen LogP contribution in [-0.4, -0.2) is 39.8 Å². The highest BCUT2D eigenvalue weighted by Crippen LogP contribution is 2.35. The topological polar surface area (TPSA) is 56.6 Å². The van der Waals surface area contributed by atoms with Gasteiger partial charge in [-0.25, -0.2) is 13.5 Å². The minimum Gasteiger partial charge on any atom is -0.435 e. The molecule has 0 N–H and O–H groups in total. The Hall–Kier alpha value is -3.26. The summed E-state index contributed by atoms with van der Waals surface area (Å²) >= 11 is 0. The Labute approximate surface area is 209 Å². The Bertz CT molecular complexity index is 1200. The first-order chi connectivity index (χ1) is 17.5. The van der Waals surface area contributed by atoms with Crippen LogP contribution in [0.25, 0.3) is 5.69 Å². The van der Waals surface area contributed by atoms with Gasteiger partial charge in [-0.15, -0.1) is 0 Å². The third kappa shape index (κ3) is 5.14. The van der Waals surface area contributed by atoms with Gasteiger partial charge in [0.25, 0.3) is 0 Å². The average Bonchev–Trinajstić information content (AvgIpc) is 3.48. The number of halogens is 2. The van der Waals surface area contributed by atoms with Gasteiger partial charge < -0.3 is 14.4 Å². The van der Waals surface area contributed by atoms with Crippen LogP contribution in [0.3, 0.4) is 0 Å². The Kier molecular flexibility index (Phi) is 7.32. The molecule has 1 saturated heterocycles. The smallest absolute Gasteiger partial charge is 0.228 e. The van der Waals surface area contributed by atoms with Gasteiger partial charge in [-0.2, -0.15) is 5.10 Å². The van der Waals surface area contributed by atoms with Crippen LogP contribution in [0.5, 0.6) is 11.6 Å². The Morgan fingerprint density at radius 3 is 2.58 bits per heavy atom.